The Balaban J connectivity index is 1.69. The van der Waals surface area contributed by atoms with E-state index in [9.17, 15) is 4.39 Å². The third kappa shape index (κ3) is 4.09. The topological polar surface area (TPSA) is 95.4 Å². The summed E-state index contributed by atoms with van der Waals surface area (Å²) in [6, 6.07) is 9.31. The fourth-order valence-corrected chi connectivity index (χ4v) is 2.29. The normalized spacial score (nSPS) is 11.6. The van der Waals surface area contributed by atoms with Crippen LogP contribution in [-0.4, -0.2) is 30.2 Å². The number of benzene rings is 1. The van der Waals surface area contributed by atoms with Gasteiger partial charge < -0.3 is 24.9 Å². The number of hydrogen-bond donors (Lipinski definition) is 2. The highest BCUT2D eigenvalue weighted by atomic mass is 19.1. The first-order chi connectivity index (χ1) is 12.7. The monoisotopic (exact) mass is 358 g/mol. The molecule has 0 amide bonds. The van der Waals surface area contributed by atoms with E-state index >= 15 is 0 Å². The van der Waals surface area contributed by atoms with E-state index in [2.05, 4.69) is 15.3 Å². The number of nitrogens with two attached hydrogens (primary N) is 1. The molecule has 0 aliphatic heterocycles. The number of fused-ring (bicyclic) bond motifs is 1. The van der Waals surface area contributed by atoms with E-state index in [-0.39, 0.29) is 13.2 Å². The Morgan fingerprint density at radius 1 is 1.38 bits per heavy atom. The second-order valence-corrected chi connectivity index (χ2v) is 5.43. The predicted octanol–water partition coefficient (Wildman–Crippen LogP) is 3.03. The van der Waals surface area contributed by atoms with Crippen LogP contribution in [0.1, 0.15) is 5.56 Å². The SMILES string of the molecule is COc1ncccc1CNc1nc2ccc(OCC(=CF)CN)cc2o1. The number of oxazole rings is 1. The van der Waals surface area contributed by atoms with Gasteiger partial charge in [0.1, 0.15) is 17.9 Å². The van der Waals surface area contributed by atoms with Crippen molar-refractivity contribution in [1.29, 1.82) is 0 Å². The van der Waals surface area contributed by atoms with Crippen molar-refractivity contribution in [3.05, 3.63) is 54.0 Å². The van der Waals surface area contributed by atoms with Gasteiger partial charge in [0.2, 0.25) is 5.88 Å². The minimum Gasteiger partial charge on any atom is -0.489 e. The first kappa shape index (κ1) is 17.7. The average molecular weight is 358 g/mol. The van der Waals surface area contributed by atoms with Crippen molar-refractivity contribution in [2.75, 3.05) is 25.6 Å². The molecule has 0 radical (unpaired) electrons. The Labute approximate surface area is 149 Å². The quantitative estimate of drug-likeness (QED) is 0.639. The third-order valence-electron chi connectivity index (χ3n) is 3.67. The van der Waals surface area contributed by atoms with E-state index in [4.69, 9.17) is 19.6 Å². The van der Waals surface area contributed by atoms with Crippen molar-refractivity contribution >= 4 is 17.1 Å². The van der Waals surface area contributed by atoms with E-state index in [1.165, 1.54) is 0 Å². The Bertz CT molecular complexity index is 910. The number of pyridine rings is 1. The maximum Gasteiger partial charge on any atom is 0.295 e. The minimum absolute atomic E-state index is 0.0819. The highest BCUT2D eigenvalue weighted by Gasteiger charge is 2.09. The number of methoxy groups -OCH3 is 1. The lowest BCUT2D eigenvalue weighted by molar-refractivity contribution is 0.347. The largest absolute Gasteiger partial charge is 0.489 e. The zero-order chi connectivity index (χ0) is 18.4. The lowest BCUT2D eigenvalue weighted by Gasteiger charge is -2.06. The van der Waals surface area contributed by atoms with Crippen molar-refractivity contribution < 1.29 is 18.3 Å². The molecule has 0 unspecified atom stereocenters. The molecule has 3 aromatic rings. The Morgan fingerprint density at radius 2 is 2.27 bits per heavy atom. The van der Waals surface area contributed by atoms with Crippen LogP contribution in [0.15, 0.2) is 52.8 Å². The van der Waals surface area contributed by atoms with Crippen LogP contribution in [0.5, 0.6) is 11.6 Å². The third-order valence-corrected chi connectivity index (χ3v) is 3.67. The number of anilines is 1. The minimum atomic E-state index is 0.0819. The predicted molar refractivity (Wildman–Crippen MR) is 95.9 cm³/mol. The van der Waals surface area contributed by atoms with Crippen LogP contribution in [0.2, 0.25) is 0 Å². The molecule has 3 N–H and O–H groups in total. The van der Waals surface area contributed by atoms with Gasteiger partial charge in [-0.2, -0.15) is 4.98 Å². The van der Waals surface area contributed by atoms with E-state index in [1.54, 1.807) is 31.5 Å². The molecule has 8 heteroatoms. The first-order valence-electron chi connectivity index (χ1n) is 7.97. The molecule has 136 valence electrons. The molecule has 0 atom stereocenters. The van der Waals surface area contributed by atoms with Crippen LogP contribution >= 0.6 is 0 Å². The number of halogens is 1. The molecular weight excluding hydrogens is 339 g/mol. The molecule has 1 aromatic carbocycles. The Hall–Kier alpha value is -3.13. The Morgan fingerprint density at radius 3 is 3.04 bits per heavy atom. The molecule has 2 aromatic heterocycles. The fraction of sp³-hybridized carbons (Fsp3) is 0.222. The maximum absolute atomic E-state index is 12.5. The maximum atomic E-state index is 12.5. The van der Waals surface area contributed by atoms with Gasteiger partial charge in [-0.05, 0) is 18.2 Å². The lowest BCUT2D eigenvalue weighted by atomic mass is 10.3. The van der Waals surface area contributed by atoms with Crippen LogP contribution in [-0.2, 0) is 6.54 Å². The van der Waals surface area contributed by atoms with Crippen molar-refractivity contribution in [2.45, 2.75) is 6.54 Å². The summed E-state index contributed by atoms with van der Waals surface area (Å²) in [5, 5.41) is 3.10. The molecule has 0 bridgehead atoms. The highest BCUT2D eigenvalue weighted by Crippen LogP contribution is 2.25. The van der Waals surface area contributed by atoms with E-state index in [1.807, 2.05) is 12.1 Å². The molecule has 0 spiro atoms. The molecule has 0 saturated carbocycles. The molecular formula is C18H19FN4O3. The van der Waals surface area contributed by atoms with Crippen molar-refractivity contribution in [3.8, 4) is 11.6 Å². The lowest BCUT2D eigenvalue weighted by Crippen LogP contribution is -2.10. The standard InChI is InChI=1S/C18H19FN4O3/c1-24-17-13(3-2-6-21-17)10-22-18-23-15-5-4-14(7-16(15)26-18)25-11-12(8-19)9-20/h2-8H,9-11,20H2,1H3,(H,22,23). The average Bonchev–Trinajstić information content (AvgIpc) is 3.09. The van der Waals surface area contributed by atoms with Gasteiger partial charge in [0.15, 0.2) is 5.58 Å². The van der Waals surface area contributed by atoms with E-state index < -0.39 is 0 Å². The van der Waals surface area contributed by atoms with Gasteiger partial charge in [-0.3, -0.25) is 0 Å². The smallest absolute Gasteiger partial charge is 0.295 e. The van der Waals surface area contributed by atoms with E-state index in [0.29, 0.717) is 47.2 Å². The summed E-state index contributed by atoms with van der Waals surface area (Å²) in [4.78, 5) is 8.51. The number of nitrogens with one attached hydrogen (secondary N) is 1. The van der Waals surface area contributed by atoms with Gasteiger partial charge in [0, 0.05) is 36.5 Å². The summed E-state index contributed by atoms with van der Waals surface area (Å²) >= 11 is 0. The van der Waals surface area contributed by atoms with Crippen LogP contribution in [0.3, 0.4) is 0 Å². The van der Waals surface area contributed by atoms with Crippen LogP contribution in [0, 0.1) is 0 Å². The van der Waals surface area contributed by atoms with Crippen molar-refractivity contribution in [3.63, 3.8) is 0 Å². The fourth-order valence-electron chi connectivity index (χ4n) is 2.29. The van der Waals surface area contributed by atoms with E-state index in [0.717, 1.165) is 5.56 Å². The zero-order valence-electron chi connectivity index (χ0n) is 14.2. The second-order valence-electron chi connectivity index (χ2n) is 5.43. The molecule has 0 saturated heterocycles. The molecule has 26 heavy (non-hydrogen) atoms. The Kier molecular flexibility index (Phi) is 5.65. The van der Waals surface area contributed by atoms with Gasteiger partial charge in [0.25, 0.3) is 6.01 Å². The number of ether oxygens (including phenoxy) is 2. The summed E-state index contributed by atoms with van der Waals surface area (Å²) in [6.45, 7) is 0.639. The van der Waals surface area contributed by atoms with Gasteiger partial charge >= 0.3 is 0 Å². The van der Waals surface area contributed by atoms with Gasteiger partial charge in [-0.15, -0.1) is 0 Å². The second kappa shape index (κ2) is 8.30. The van der Waals surface area contributed by atoms with Crippen LogP contribution < -0.4 is 20.5 Å². The highest BCUT2D eigenvalue weighted by molar-refractivity contribution is 5.76. The number of hydrogen-bond acceptors (Lipinski definition) is 7. The molecule has 0 aliphatic carbocycles. The summed E-state index contributed by atoms with van der Waals surface area (Å²) in [6.07, 6.45) is 2.12. The van der Waals surface area contributed by atoms with Crippen LogP contribution in [0.4, 0.5) is 10.4 Å². The molecule has 3 rings (SSSR count). The number of rotatable bonds is 8. The van der Waals surface area contributed by atoms with Gasteiger partial charge in [-0.1, -0.05) is 6.07 Å². The molecule has 7 nitrogen and oxygen atoms in total. The summed E-state index contributed by atoms with van der Waals surface area (Å²) in [7, 11) is 1.57. The number of nitrogens with zero attached hydrogens (tertiary/aromatic N) is 2. The van der Waals surface area contributed by atoms with Crippen molar-refractivity contribution in [1.82, 2.24) is 9.97 Å². The summed E-state index contributed by atoms with van der Waals surface area (Å²) in [5.41, 5.74) is 7.89. The number of aromatic nitrogens is 2. The summed E-state index contributed by atoms with van der Waals surface area (Å²) in [5.74, 6) is 1.09. The van der Waals surface area contributed by atoms with Crippen molar-refractivity contribution in [2.24, 2.45) is 5.73 Å². The summed E-state index contributed by atoms with van der Waals surface area (Å²) < 4.78 is 28.9. The molecule has 2 heterocycles. The van der Waals surface area contributed by atoms with Crippen LogP contribution in [0.25, 0.3) is 11.1 Å². The van der Waals surface area contributed by atoms with Gasteiger partial charge in [0.05, 0.1) is 13.4 Å². The van der Waals surface area contributed by atoms with Gasteiger partial charge in [-0.25, -0.2) is 9.37 Å². The zero-order valence-corrected chi connectivity index (χ0v) is 14.2. The molecule has 0 fully saturated rings. The first-order valence-corrected chi connectivity index (χ1v) is 7.97. The molecule has 0 aliphatic rings.